The van der Waals surface area contributed by atoms with Gasteiger partial charge in [0.2, 0.25) is 5.91 Å². The summed E-state index contributed by atoms with van der Waals surface area (Å²) in [5.74, 6) is -0.0972. The maximum atomic E-state index is 12.4. The predicted octanol–water partition coefficient (Wildman–Crippen LogP) is 5.74. The van der Waals surface area contributed by atoms with Crippen LogP contribution in [0.25, 0.3) is 11.1 Å². The Bertz CT molecular complexity index is 1100. The van der Waals surface area contributed by atoms with Crippen LogP contribution in [-0.2, 0) is 11.2 Å². The Balaban J connectivity index is 1.78. The van der Waals surface area contributed by atoms with E-state index in [1.54, 1.807) is 6.07 Å². The van der Waals surface area contributed by atoms with E-state index in [1.165, 1.54) is 0 Å². The largest absolute Gasteiger partial charge is 0.324 e. The molecular weight excluding hydrogens is 370 g/mol. The van der Waals surface area contributed by atoms with Crippen molar-refractivity contribution < 1.29 is 4.79 Å². The number of hydrogen-bond donors (Lipinski definition) is 1. The van der Waals surface area contributed by atoms with Crippen LogP contribution in [-0.4, -0.2) is 16.6 Å². The number of pyridine rings is 1. The quantitative estimate of drug-likeness (QED) is 0.621. The third kappa shape index (κ3) is 3.69. The van der Waals surface area contributed by atoms with Crippen molar-refractivity contribution in [2.24, 2.45) is 4.99 Å². The van der Waals surface area contributed by atoms with Crippen molar-refractivity contribution in [3.8, 4) is 11.1 Å². The van der Waals surface area contributed by atoms with E-state index in [0.717, 1.165) is 45.8 Å². The summed E-state index contributed by atoms with van der Waals surface area (Å²) in [5, 5.41) is 3.52. The molecule has 5 heteroatoms. The molecule has 0 unspecified atom stereocenters. The molecular formula is C23H20ClN3O. The molecule has 2 aromatic carbocycles. The minimum absolute atomic E-state index is 0.0972. The minimum atomic E-state index is -0.0972. The normalized spacial score (nSPS) is 13.4. The summed E-state index contributed by atoms with van der Waals surface area (Å²) in [6, 6.07) is 15.9. The van der Waals surface area contributed by atoms with Gasteiger partial charge in [0.1, 0.15) is 0 Å². The van der Waals surface area contributed by atoms with E-state index in [9.17, 15) is 4.79 Å². The molecule has 2 heterocycles. The second-order valence-corrected chi connectivity index (χ2v) is 7.28. The third-order valence-electron chi connectivity index (χ3n) is 4.84. The van der Waals surface area contributed by atoms with Crippen LogP contribution in [0.2, 0.25) is 5.02 Å². The zero-order valence-corrected chi connectivity index (χ0v) is 16.5. The molecule has 4 rings (SSSR count). The molecule has 140 valence electrons. The maximum Gasteiger partial charge on any atom is 0.230 e. The first-order valence-corrected chi connectivity index (χ1v) is 9.64. The summed E-state index contributed by atoms with van der Waals surface area (Å²) < 4.78 is 0. The van der Waals surface area contributed by atoms with Gasteiger partial charge in [0.25, 0.3) is 0 Å². The fourth-order valence-corrected chi connectivity index (χ4v) is 3.45. The number of anilines is 1. The van der Waals surface area contributed by atoms with Gasteiger partial charge in [0.05, 0.1) is 23.5 Å². The lowest BCUT2D eigenvalue weighted by Gasteiger charge is -2.08. The maximum absolute atomic E-state index is 12.4. The number of aryl methyl sites for hydroxylation is 2. The van der Waals surface area contributed by atoms with E-state index >= 15 is 0 Å². The molecule has 28 heavy (non-hydrogen) atoms. The smallest absolute Gasteiger partial charge is 0.230 e. The molecule has 1 aliphatic heterocycles. The molecule has 1 amide bonds. The van der Waals surface area contributed by atoms with Crippen molar-refractivity contribution in [1.82, 2.24) is 4.98 Å². The van der Waals surface area contributed by atoms with Gasteiger partial charge in [0.15, 0.2) is 0 Å². The van der Waals surface area contributed by atoms with Crippen molar-refractivity contribution in [1.29, 1.82) is 0 Å². The summed E-state index contributed by atoms with van der Waals surface area (Å²) in [4.78, 5) is 21.6. The monoisotopic (exact) mass is 389 g/mol. The topological polar surface area (TPSA) is 54.4 Å². The number of benzene rings is 2. The van der Waals surface area contributed by atoms with Crippen LogP contribution in [0.3, 0.4) is 0 Å². The van der Waals surface area contributed by atoms with Crippen LogP contribution in [0.15, 0.2) is 59.7 Å². The highest BCUT2D eigenvalue weighted by molar-refractivity contribution is 6.32. The Kier molecular flexibility index (Phi) is 4.97. The molecule has 0 spiro atoms. The molecule has 0 aliphatic carbocycles. The van der Waals surface area contributed by atoms with Crippen LogP contribution in [0.1, 0.15) is 30.2 Å². The number of fused-ring (bicyclic) bond motifs is 1. The van der Waals surface area contributed by atoms with Crippen molar-refractivity contribution in [2.45, 2.75) is 26.7 Å². The van der Waals surface area contributed by atoms with Gasteiger partial charge in [-0.3, -0.25) is 14.8 Å². The summed E-state index contributed by atoms with van der Waals surface area (Å²) in [6.07, 6.45) is 2.94. The third-order valence-corrected chi connectivity index (χ3v) is 5.25. The van der Waals surface area contributed by atoms with Gasteiger partial charge in [-0.25, -0.2) is 0 Å². The molecule has 1 aliphatic rings. The average Bonchev–Trinajstić information content (AvgIpc) is 2.86. The second-order valence-electron chi connectivity index (χ2n) is 6.87. The Hall–Kier alpha value is -2.98. The van der Waals surface area contributed by atoms with Gasteiger partial charge in [-0.2, -0.15) is 0 Å². The first-order valence-electron chi connectivity index (χ1n) is 9.27. The molecule has 0 radical (unpaired) electrons. The number of nitrogens with one attached hydrogen (secondary N) is 1. The van der Waals surface area contributed by atoms with E-state index < -0.39 is 0 Å². The number of rotatable bonds is 3. The Morgan fingerprint density at radius 1 is 1.07 bits per heavy atom. The highest BCUT2D eigenvalue weighted by Crippen LogP contribution is 2.34. The highest BCUT2D eigenvalue weighted by atomic mass is 35.5. The lowest BCUT2D eigenvalue weighted by Crippen LogP contribution is -2.15. The van der Waals surface area contributed by atoms with E-state index in [0.29, 0.717) is 10.7 Å². The van der Waals surface area contributed by atoms with Crippen LogP contribution >= 0.6 is 11.6 Å². The van der Waals surface area contributed by atoms with Crippen molar-refractivity contribution in [2.75, 3.05) is 5.32 Å². The summed E-state index contributed by atoms with van der Waals surface area (Å²) in [7, 11) is 0. The molecule has 0 saturated heterocycles. The zero-order chi connectivity index (χ0) is 19.7. The number of amides is 1. The molecule has 0 saturated carbocycles. The number of hydrogen-bond acceptors (Lipinski definition) is 3. The van der Waals surface area contributed by atoms with Crippen LogP contribution < -0.4 is 5.32 Å². The number of carbonyl (C=O) groups excluding carboxylic acids is 1. The molecule has 0 atom stereocenters. The van der Waals surface area contributed by atoms with E-state index in [2.05, 4.69) is 35.4 Å². The summed E-state index contributed by atoms with van der Waals surface area (Å²) in [6.45, 7) is 4.02. The molecule has 0 bridgehead atoms. The highest BCUT2D eigenvalue weighted by Gasteiger charge is 2.18. The Morgan fingerprint density at radius 3 is 2.68 bits per heavy atom. The number of aliphatic imine (C=N–C) groups is 1. The molecule has 1 aromatic heterocycles. The van der Waals surface area contributed by atoms with Gasteiger partial charge < -0.3 is 5.32 Å². The molecule has 1 N–H and O–H groups in total. The summed E-state index contributed by atoms with van der Waals surface area (Å²) >= 11 is 6.21. The number of carbonyl (C=O) groups is 1. The average molecular weight is 390 g/mol. The first-order chi connectivity index (χ1) is 13.5. The molecule has 3 aromatic rings. The fourth-order valence-electron chi connectivity index (χ4n) is 3.29. The van der Waals surface area contributed by atoms with Crippen LogP contribution in [0.4, 0.5) is 11.4 Å². The van der Waals surface area contributed by atoms with E-state index in [1.807, 2.05) is 37.4 Å². The van der Waals surface area contributed by atoms with Crippen molar-refractivity contribution >= 4 is 34.6 Å². The fraction of sp³-hybridized carbons (Fsp3) is 0.174. The lowest BCUT2D eigenvalue weighted by molar-refractivity contribution is -0.115. The molecule has 4 nitrogen and oxygen atoms in total. The van der Waals surface area contributed by atoms with Crippen LogP contribution in [0.5, 0.6) is 0 Å². The zero-order valence-electron chi connectivity index (χ0n) is 15.8. The van der Waals surface area contributed by atoms with Gasteiger partial charge >= 0.3 is 0 Å². The van der Waals surface area contributed by atoms with Crippen LogP contribution in [0, 0.1) is 6.92 Å². The van der Waals surface area contributed by atoms with Gasteiger partial charge in [-0.15, -0.1) is 0 Å². The molecule has 0 fully saturated rings. The van der Waals surface area contributed by atoms with Crippen molar-refractivity contribution in [3.63, 3.8) is 0 Å². The lowest BCUT2D eigenvalue weighted by atomic mass is 9.99. The number of nitrogens with zero attached hydrogens (tertiary/aromatic N) is 2. The SMILES string of the molecule is CCc1cc(-c2cccc(C3=Nc4cc(C)c(Cl)cc4NC(=O)C3)c2)ccn1. The standard InChI is InChI=1S/C23H20ClN3O/c1-3-18-11-16(7-8-25-18)15-5-4-6-17(10-15)20-13-23(28)27-22-12-19(24)14(2)9-21(22)26-20/h4-12H,3,13H2,1-2H3,(H,27,28). The Labute approximate surface area is 169 Å². The number of aromatic nitrogens is 1. The van der Waals surface area contributed by atoms with Gasteiger partial charge in [-0.1, -0.05) is 36.7 Å². The van der Waals surface area contributed by atoms with Gasteiger partial charge in [-0.05, 0) is 65.9 Å². The second kappa shape index (κ2) is 7.56. The van der Waals surface area contributed by atoms with E-state index in [4.69, 9.17) is 16.6 Å². The summed E-state index contributed by atoms with van der Waals surface area (Å²) in [5.41, 5.74) is 7.21. The Morgan fingerprint density at radius 2 is 1.86 bits per heavy atom. The first kappa shape index (κ1) is 18.4. The van der Waals surface area contributed by atoms with Gasteiger partial charge in [0, 0.05) is 16.9 Å². The van der Waals surface area contributed by atoms with Crippen molar-refractivity contribution in [3.05, 3.63) is 76.6 Å². The number of halogens is 1. The predicted molar refractivity (Wildman–Crippen MR) is 115 cm³/mol. The van der Waals surface area contributed by atoms with E-state index in [-0.39, 0.29) is 12.3 Å². The minimum Gasteiger partial charge on any atom is -0.324 e.